The Bertz CT molecular complexity index is 1080. The lowest BCUT2D eigenvalue weighted by atomic mass is 9.76. The van der Waals surface area contributed by atoms with Gasteiger partial charge in [-0.15, -0.1) is 0 Å². The van der Waals surface area contributed by atoms with E-state index >= 15 is 0 Å². The fraction of sp³-hybridized carbons (Fsp3) is 0.227. The number of nitro benzene ring substituents is 1. The van der Waals surface area contributed by atoms with Crippen molar-refractivity contribution >= 4 is 11.4 Å². The zero-order chi connectivity index (χ0) is 19.9. The highest BCUT2D eigenvalue weighted by molar-refractivity contribution is 6.04. The second kappa shape index (κ2) is 6.64. The third-order valence-corrected chi connectivity index (χ3v) is 5.19. The molecule has 1 aliphatic rings. The van der Waals surface area contributed by atoms with Crippen molar-refractivity contribution in [1.82, 2.24) is 4.57 Å². The van der Waals surface area contributed by atoms with Crippen LogP contribution in [0.2, 0.25) is 0 Å². The predicted octanol–water partition coefficient (Wildman–Crippen LogP) is 5.20. The molecule has 142 valence electrons. The fourth-order valence-corrected chi connectivity index (χ4v) is 3.99. The minimum absolute atomic E-state index is 0.0464. The smallest absolute Gasteiger partial charge is 0.271 e. The average Bonchev–Trinajstić information content (AvgIpc) is 3.06. The molecule has 6 nitrogen and oxygen atoms in total. The molecule has 0 saturated heterocycles. The Hall–Kier alpha value is -3.41. The van der Waals surface area contributed by atoms with Crippen molar-refractivity contribution < 1.29 is 10.1 Å². The molecule has 1 aliphatic carbocycles. The van der Waals surface area contributed by atoms with Crippen LogP contribution in [0.1, 0.15) is 31.5 Å². The van der Waals surface area contributed by atoms with E-state index in [0.29, 0.717) is 12.1 Å². The zero-order valence-corrected chi connectivity index (χ0v) is 15.8. The van der Waals surface area contributed by atoms with E-state index in [9.17, 15) is 15.3 Å². The molecule has 3 aromatic rings. The van der Waals surface area contributed by atoms with Crippen molar-refractivity contribution in [3.8, 4) is 16.9 Å². The number of nitro groups is 1. The van der Waals surface area contributed by atoms with Gasteiger partial charge in [-0.05, 0) is 36.0 Å². The minimum atomic E-state index is -0.383. The van der Waals surface area contributed by atoms with Crippen LogP contribution in [0.25, 0.3) is 16.9 Å². The van der Waals surface area contributed by atoms with Gasteiger partial charge in [0, 0.05) is 23.4 Å². The summed E-state index contributed by atoms with van der Waals surface area (Å²) in [5.74, 6) is 0. The van der Waals surface area contributed by atoms with E-state index in [1.807, 2.05) is 42.5 Å². The molecule has 0 radical (unpaired) electrons. The number of non-ortho nitro benzene ring substituents is 1. The molecule has 1 aromatic heterocycles. The van der Waals surface area contributed by atoms with Gasteiger partial charge in [-0.2, -0.15) is 0 Å². The van der Waals surface area contributed by atoms with Crippen LogP contribution >= 0.6 is 0 Å². The van der Waals surface area contributed by atoms with Crippen LogP contribution in [0.4, 0.5) is 5.69 Å². The van der Waals surface area contributed by atoms with E-state index in [2.05, 4.69) is 23.6 Å². The maximum atomic E-state index is 11.3. The summed E-state index contributed by atoms with van der Waals surface area (Å²) in [6.07, 6.45) is 1.44. The maximum absolute atomic E-state index is 11.3. The molecule has 0 unspecified atom stereocenters. The highest BCUT2D eigenvalue weighted by Crippen LogP contribution is 2.40. The lowest BCUT2D eigenvalue weighted by Gasteiger charge is -2.31. The standard InChI is InChI=1S/C22H21N3O3/c1-22(2)13-19(23-26)18-12-20(15-7-4-3-5-8-15)24(21(18)14-22)16-9-6-10-17(11-16)25(27)28/h3-12,26H,13-14H2,1-2H3/b23-19-. The summed E-state index contributed by atoms with van der Waals surface area (Å²) in [7, 11) is 0. The molecule has 28 heavy (non-hydrogen) atoms. The molecule has 6 heteroatoms. The van der Waals surface area contributed by atoms with Crippen LogP contribution < -0.4 is 0 Å². The summed E-state index contributed by atoms with van der Waals surface area (Å²) in [6, 6.07) is 18.6. The number of rotatable bonds is 3. The van der Waals surface area contributed by atoms with Crippen molar-refractivity contribution in [3.63, 3.8) is 0 Å². The molecule has 0 aliphatic heterocycles. The summed E-state index contributed by atoms with van der Waals surface area (Å²) in [5, 5.41) is 24.5. The minimum Gasteiger partial charge on any atom is -0.411 e. The summed E-state index contributed by atoms with van der Waals surface area (Å²) >= 11 is 0. The molecule has 1 heterocycles. The molecular formula is C22H21N3O3. The highest BCUT2D eigenvalue weighted by atomic mass is 16.6. The van der Waals surface area contributed by atoms with Gasteiger partial charge >= 0.3 is 0 Å². The van der Waals surface area contributed by atoms with Crippen molar-refractivity contribution in [2.24, 2.45) is 10.6 Å². The number of fused-ring (bicyclic) bond motifs is 1. The van der Waals surface area contributed by atoms with E-state index in [1.54, 1.807) is 12.1 Å². The van der Waals surface area contributed by atoms with E-state index in [-0.39, 0.29) is 16.0 Å². The molecule has 0 fully saturated rings. The number of hydrogen-bond acceptors (Lipinski definition) is 4. The largest absolute Gasteiger partial charge is 0.411 e. The molecular weight excluding hydrogens is 354 g/mol. The molecule has 2 aromatic carbocycles. The molecule has 0 saturated carbocycles. The number of hydrogen-bond donors (Lipinski definition) is 1. The first-order valence-electron chi connectivity index (χ1n) is 9.16. The maximum Gasteiger partial charge on any atom is 0.271 e. The molecule has 4 rings (SSSR count). The molecule has 0 amide bonds. The van der Waals surface area contributed by atoms with Crippen LogP contribution in [-0.4, -0.2) is 20.4 Å². The van der Waals surface area contributed by atoms with Crippen molar-refractivity contribution in [3.05, 3.63) is 82.0 Å². The Balaban J connectivity index is 2.02. The third-order valence-electron chi connectivity index (χ3n) is 5.19. The summed E-state index contributed by atoms with van der Waals surface area (Å²) in [5.41, 5.74) is 5.15. The van der Waals surface area contributed by atoms with Crippen LogP contribution in [0.3, 0.4) is 0 Å². The van der Waals surface area contributed by atoms with Crippen LogP contribution in [0, 0.1) is 15.5 Å². The Morgan fingerprint density at radius 3 is 2.50 bits per heavy atom. The van der Waals surface area contributed by atoms with E-state index < -0.39 is 0 Å². The van der Waals surface area contributed by atoms with E-state index in [4.69, 9.17) is 0 Å². The SMILES string of the molecule is CC1(C)C/C(=N/O)c2cc(-c3ccccc3)n(-c3cccc([N+](=O)[O-])c3)c2C1. The lowest BCUT2D eigenvalue weighted by Crippen LogP contribution is -2.28. The van der Waals surface area contributed by atoms with Gasteiger partial charge in [0.1, 0.15) is 0 Å². The second-order valence-corrected chi connectivity index (χ2v) is 7.93. The fourth-order valence-electron chi connectivity index (χ4n) is 3.99. The second-order valence-electron chi connectivity index (χ2n) is 7.93. The predicted molar refractivity (Wildman–Crippen MR) is 108 cm³/mol. The molecule has 0 bridgehead atoms. The van der Waals surface area contributed by atoms with Crippen molar-refractivity contribution in [2.45, 2.75) is 26.7 Å². The number of benzene rings is 2. The normalized spacial score (nSPS) is 16.7. The highest BCUT2D eigenvalue weighted by Gasteiger charge is 2.34. The Labute approximate surface area is 162 Å². The van der Waals surface area contributed by atoms with Gasteiger partial charge in [-0.1, -0.05) is 55.4 Å². The average molecular weight is 375 g/mol. The number of oxime groups is 1. The van der Waals surface area contributed by atoms with Crippen LogP contribution in [0.15, 0.2) is 65.8 Å². The molecule has 0 atom stereocenters. The summed E-state index contributed by atoms with van der Waals surface area (Å²) in [6.45, 7) is 4.27. The Morgan fingerprint density at radius 1 is 1.07 bits per heavy atom. The number of aromatic nitrogens is 1. The molecule has 0 spiro atoms. The molecule has 1 N–H and O–H groups in total. The summed E-state index contributed by atoms with van der Waals surface area (Å²) in [4.78, 5) is 10.9. The van der Waals surface area contributed by atoms with Crippen LogP contribution in [0.5, 0.6) is 0 Å². The van der Waals surface area contributed by atoms with Crippen molar-refractivity contribution in [1.29, 1.82) is 0 Å². The van der Waals surface area contributed by atoms with E-state index in [0.717, 1.165) is 34.6 Å². The third kappa shape index (κ3) is 3.07. The first-order valence-corrected chi connectivity index (χ1v) is 9.16. The van der Waals surface area contributed by atoms with E-state index in [1.165, 1.54) is 6.07 Å². The van der Waals surface area contributed by atoms with Crippen molar-refractivity contribution in [2.75, 3.05) is 0 Å². The van der Waals surface area contributed by atoms with Gasteiger partial charge in [-0.25, -0.2) is 0 Å². The van der Waals surface area contributed by atoms with Gasteiger partial charge in [0.05, 0.1) is 22.0 Å². The van der Waals surface area contributed by atoms with Crippen LogP contribution in [-0.2, 0) is 6.42 Å². The van der Waals surface area contributed by atoms with Gasteiger partial charge in [0.2, 0.25) is 0 Å². The first-order chi connectivity index (χ1) is 13.4. The monoisotopic (exact) mass is 375 g/mol. The van der Waals surface area contributed by atoms with Gasteiger partial charge in [-0.3, -0.25) is 10.1 Å². The topological polar surface area (TPSA) is 80.7 Å². The Kier molecular flexibility index (Phi) is 4.26. The Morgan fingerprint density at radius 2 is 1.82 bits per heavy atom. The zero-order valence-electron chi connectivity index (χ0n) is 15.8. The van der Waals surface area contributed by atoms with Gasteiger partial charge in [0.15, 0.2) is 0 Å². The van der Waals surface area contributed by atoms with Gasteiger partial charge < -0.3 is 9.77 Å². The quantitative estimate of drug-likeness (QED) is 0.388. The number of nitrogens with zero attached hydrogens (tertiary/aromatic N) is 3. The lowest BCUT2D eigenvalue weighted by molar-refractivity contribution is -0.384. The summed E-state index contributed by atoms with van der Waals surface area (Å²) < 4.78 is 2.06. The first kappa shape index (κ1) is 18.0. The van der Waals surface area contributed by atoms with Gasteiger partial charge in [0.25, 0.3) is 5.69 Å².